The van der Waals surface area contributed by atoms with Crippen LogP contribution in [-0.4, -0.2) is 62.4 Å². The van der Waals surface area contributed by atoms with Gasteiger partial charge in [0.15, 0.2) is 5.82 Å². The molecule has 0 spiro atoms. The summed E-state index contributed by atoms with van der Waals surface area (Å²) in [4.78, 5) is 10.8. The van der Waals surface area contributed by atoms with Crippen molar-refractivity contribution < 1.29 is 17.6 Å². The molecule has 1 aromatic carbocycles. The van der Waals surface area contributed by atoms with Gasteiger partial charge < -0.3 is 19.8 Å². The van der Waals surface area contributed by atoms with E-state index in [1.54, 1.807) is 19.2 Å². The molecule has 5 rings (SSSR count). The third-order valence-electron chi connectivity index (χ3n) is 7.70. The predicted molar refractivity (Wildman–Crippen MR) is 165 cm³/mol. The van der Waals surface area contributed by atoms with E-state index in [-0.39, 0.29) is 27.5 Å². The van der Waals surface area contributed by atoms with E-state index >= 15 is 0 Å². The number of rotatable bonds is 13. The number of nitrogens with two attached hydrogens (primary N) is 1. The van der Waals surface area contributed by atoms with Crippen LogP contribution in [0.5, 0.6) is 0 Å². The minimum atomic E-state index is -4.05. The zero-order valence-electron chi connectivity index (χ0n) is 24.6. The fourth-order valence-electron chi connectivity index (χ4n) is 4.90. The summed E-state index contributed by atoms with van der Waals surface area (Å²) >= 11 is 6.92. The van der Waals surface area contributed by atoms with E-state index in [0.717, 1.165) is 22.8 Å². The van der Waals surface area contributed by atoms with Crippen LogP contribution in [0.15, 0.2) is 70.2 Å². The van der Waals surface area contributed by atoms with E-state index in [4.69, 9.17) is 31.5 Å². The number of pyridine rings is 2. The molecule has 3 aromatic heterocycles. The lowest BCUT2D eigenvalue weighted by molar-refractivity contribution is 0.204. The molecule has 1 aliphatic carbocycles. The first kappa shape index (κ1) is 30.9. The van der Waals surface area contributed by atoms with Crippen LogP contribution in [0.2, 0.25) is 5.02 Å². The molecule has 3 atom stereocenters. The van der Waals surface area contributed by atoms with Crippen LogP contribution in [0.4, 0.5) is 11.6 Å². The van der Waals surface area contributed by atoms with Crippen LogP contribution in [0.25, 0.3) is 11.5 Å². The molecule has 0 amide bonds. The number of anilines is 2. The van der Waals surface area contributed by atoms with Gasteiger partial charge >= 0.3 is 0 Å². The summed E-state index contributed by atoms with van der Waals surface area (Å²) in [6, 6.07) is 14.6. The molecule has 228 valence electrons. The molecule has 13 heteroatoms. The molecular weight excluding hydrogens is 590 g/mol. The van der Waals surface area contributed by atoms with Gasteiger partial charge in [0, 0.05) is 39.6 Å². The number of methoxy groups -OCH3 is 1. The van der Waals surface area contributed by atoms with Gasteiger partial charge in [-0.15, -0.1) is 10.2 Å². The maximum atomic E-state index is 13.6. The maximum absolute atomic E-state index is 13.6. The van der Waals surface area contributed by atoms with Crippen molar-refractivity contribution >= 4 is 33.3 Å². The minimum absolute atomic E-state index is 0.00486. The number of sulfonamides is 1. The molecule has 11 nitrogen and oxygen atoms in total. The lowest BCUT2D eigenvalue weighted by atomic mass is 9.94. The zero-order chi connectivity index (χ0) is 30.8. The Hall–Kier alpha value is -3.58. The van der Waals surface area contributed by atoms with Crippen molar-refractivity contribution in [3.63, 3.8) is 0 Å². The molecule has 0 saturated heterocycles. The van der Waals surface area contributed by atoms with Crippen LogP contribution in [0, 0.1) is 11.8 Å². The average Bonchev–Trinajstić information content (AvgIpc) is 3.46. The summed E-state index contributed by atoms with van der Waals surface area (Å²) < 4.78 is 39.8. The SMILES string of the molecule is COCCN(CC1CC1C)c1cc(-c2nnc([C@](C)(N)Cc3ccccc3)o2)c(Cl)c(N(C)S(=O)(=O)c2cccnc2)n1. The molecule has 0 radical (unpaired) electrons. The second kappa shape index (κ2) is 12.6. The Kier molecular flexibility index (Phi) is 9.02. The van der Waals surface area contributed by atoms with Crippen molar-refractivity contribution in [3.8, 4) is 11.5 Å². The Labute approximate surface area is 257 Å². The molecule has 1 saturated carbocycles. The van der Waals surface area contributed by atoms with Gasteiger partial charge in [-0.3, -0.25) is 9.29 Å². The second-order valence-electron chi connectivity index (χ2n) is 11.2. The summed E-state index contributed by atoms with van der Waals surface area (Å²) in [5.41, 5.74) is 7.04. The Morgan fingerprint density at radius 3 is 2.58 bits per heavy atom. The molecule has 1 aliphatic rings. The van der Waals surface area contributed by atoms with Gasteiger partial charge in [-0.05, 0) is 55.4 Å². The zero-order valence-corrected chi connectivity index (χ0v) is 26.2. The number of ether oxygens (including phenoxy) is 1. The average molecular weight is 626 g/mol. The summed E-state index contributed by atoms with van der Waals surface area (Å²) in [5.74, 6) is 1.94. The fraction of sp³-hybridized carbons (Fsp3) is 0.400. The maximum Gasteiger partial charge on any atom is 0.266 e. The van der Waals surface area contributed by atoms with Gasteiger partial charge in [0.25, 0.3) is 10.0 Å². The van der Waals surface area contributed by atoms with Gasteiger partial charge in [-0.2, -0.15) is 0 Å². The van der Waals surface area contributed by atoms with Gasteiger partial charge in [-0.25, -0.2) is 13.4 Å². The second-order valence-corrected chi connectivity index (χ2v) is 13.6. The third-order valence-corrected chi connectivity index (χ3v) is 9.80. The van der Waals surface area contributed by atoms with E-state index in [1.165, 1.54) is 25.5 Å². The Bertz CT molecular complexity index is 1650. The lowest BCUT2D eigenvalue weighted by Gasteiger charge is -2.27. The lowest BCUT2D eigenvalue weighted by Crippen LogP contribution is -2.35. The van der Waals surface area contributed by atoms with E-state index < -0.39 is 15.6 Å². The number of benzene rings is 1. The van der Waals surface area contributed by atoms with Crippen molar-refractivity contribution in [2.24, 2.45) is 17.6 Å². The van der Waals surface area contributed by atoms with Crippen molar-refractivity contribution in [2.45, 2.75) is 37.1 Å². The Morgan fingerprint density at radius 2 is 1.93 bits per heavy atom. The van der Waals surface area contributed by atoms with E-state index in [0.29, 0.717) is 42.8 Å². The predicted octanol–water partition coefficient (Wildman–Crippen LogP) is 4.53. The van der Waals surface area contributed by atoms with Crippen molar-refractivity contribution in [2.75, 3.05) is 43.1 Å². The highest BCUT2D eigenvalue weighted by molar-refractivity contribution is 7.92. The first-order chi connectivity index (χ1) is 20.5. The first-order valence-electron chi connectivity index (χ1n) is 14.0. The van der Waals surface area contributed by atoms with Crippen LogP contribution < -0.4 is 14.9 Å². The number of nitrogens with zero attached hydrogens (tertiary/aromatic N) is 6. The van der Waals surface area contributed by atoms with Gasteiger partial charge in [-0.1, -0.05) is 48.9 Å². The standard InChI is InChI=1S/C30H36ClN7O4S/c1-20-15-22(20)19-38(13-14-41-4)25-16-24(26(31)27(34-25)37(3)43(39,40)23-11-8-12-33-18-23)28-35-36-29(42-28)30(2,32)17-21-9-6-5-7-10-21/h5-12,16,18,20,22H,13-15,17,19,32H2,1-4H3/t20?,22?,30-/m1/s1. The van der Waals surface area contributed by atoms with Crippen LogP contribution in [0.3, 0.4) is 0 Å². The van der Waals surface area contributed by atoms with Crippen molar-refractivity contribution in [1.29, 1.82) is 0 Å². The Morgan fingerprint density at radius 1 is 1.19 bits per heavy atom. The van der Waals surface area contributed by atoms with Gasteiger partial charge in [0.2, 0.25) is 11.8 Å². The summed E-state index contributed by atoms with van der Waals surface area (Å²) in [7, 11) is -1.01. The van der Waals surface area contributed by atoms with Crippen LogP contribution >= 0.6 is 11.6 Å². The van der Waals surface area contributed by atoms with E-state index in [1.807, 2.05) is 37.3 Å². The summed E-state index contributed by atoms with van der Waals surface area (Å²) in [6.07, 6.45) is 4.36. The third kappa shape index (κ3) is 6.82. The molecule has 0 aliphatic heterocycles. The quantitative estimate of drug-likeness (QED) is 0.225. The highest BCUT2D eigenvalue weighted by Gasteiger charge is 2.36. The largest absolute Gasteiger partial charge is 0.419 e. The minimum Gasteiger partial charge on any atom is -0.419 e. The topological polar surface area (TPSA) is 141 Å². The van der Waals surface area contributed by atoms with Crippen molar-refractivity contribution in [3.05, 3.63) is 77.4 Å². The highest BCUT2D eigenvalue weighted by Crippen LogP contribution is 2.42. The molecular formula is C30H36ClN7O4S. The molecule has 1 fully saturated rings. The van der Waals surface area contributed by atoms with E-state index in [9.17, 15) is 8.42 Å². The number of aromatic nitrogens is 4. The number of halogens is 1. The summed E-state index contributed by atoms with van der Waals surface area (Å²) in [6.45, 7) is 5.75. The van der Waals surface area contributed by atoms with Crippen molar-refractivity contribution in [1.82, 2.24) is 20.2 Å². The normalized spacial score (nSPS) is 17.8. The molecule has 2 N–H and O–H groups in total. The number of hydrogen-bond acceptors (Lipinski definition) is 10. The van der Waals surface area contributed by atoms with Gasteiger partial charge in [0.1, 0.15) is 10.7 Å². The smallest absolute Gasteiger partial charge is 0.266 e. The van der Waals surface area contributed by atoms with Crippen LogP contribution in [0.1, 0.15) is 31.7 Å². The molecule has 43 heavy (non-hydrogen) atoms. The number of hydrogen-bond donors (Lipinski definition) is 1. The molecule has 3 heterocycles. The molecule has 4 aromatic rings. The van der Waals surface area contributed by atoms with Crippen LogP contribution in [-0.2, 0) is 26.7 Å². The first-order valence-corrected chi connectivity index (χ1v) is 15.8. The fourth-order valence-corrected chi connectivity index (χ4v) is 6.37. The Balaban J connectivity index is 1.59. The monoisotopic (exact) mass is 625 g/mol. The van der Waals surface area contributed by atoms with Gasteiger partial charge in [0.05, 0.1) is 22.7 Å². The summed E-state index contributed by atoms with van der Waals surface area (Å²) in [5, 5.41) is 8.61. The van der Waals surface area contributed by atoms with E-state index in [2.05, 4.69) is 27.0 Å². The highest BCUT2D eigenvalue weighted by atomic mass is 35.5. The molecule has 2 unspecified atom stereocenters. The molecule has 0 bridgehead atoms.